The van der Waals surface area contributed by atoms with E-state index in [1.54, 1.807) is 0 Å². The smallest absolute Gasteiger partial charge is 0.319 e. The Kier molecular flexibility index (Phi) is 7.43. The number of ether oxygens (including phenoxy) is 2. The van der Waals surface area contributed by atoms with Crippen LogP contribution >= 0.6 is 0 Å². The number of aliphatic hydroxyl groups is 1. The van der Waals surface area contributed by atoms with E-state index in [-0.39, 0.29) is 55.2 Å². The number of amides is 3. The fourth-order valence-electron chi connectivity index (χ4n) is 5.72. The summed E-state index contributed by atoms with van der Waals surface area (Å²) in [6.07, 6.45) is 3.97. The molecule has 3 aliphatic rings. The van der Waals surface area contributed by atoms with Gasteiger partial charge in [0.25, 0.3) is 0 Å². The van der Waals surface area contributed by atoms with Crippen molar-refractivity contribution in [3.63, 3.8) is 0 Å². The number of hydrogen-bond acceptors (Lipinski definition) is 5. The van der Waals surface area contributed by atoms with E-state index in [2.05, 4.69) is 16.0 Å². The minimum absolute atomic E-state index is 0.0325. The highest BCUT2D eigenvalue weighted by Crippen LogP contribution is 2.47. The van der Waals surface area contributed by atoms with Crippen LogP contribution in [0.5, 0.6) is 5.75 Å². The van der Waals surface area contributed by atoms with Gasteiger partial charge in [-0.1, -0.05) is 43.2 Å². The lowest BCUT2D eigenvalue weighted by molar-refractivity contribution is -0.142. The van der Waals surface area contributed by atoms with Gasteiger partial charge in [-0.15, -0.1) is 0 Å². The first-order valence-corrected chi connectivity index (χ1v) is 13.0. The molecule has 2 aromatic carbocycles. The molecule has 192 valence electrons. The van der Waals surface area contributed by atoms with Gasteiger partial charge in [0.05, 0.1) is 25.2 Å². The molecule has 1 saturated carbocycles. The molecule has 2 aromatic rings. The molecule has 0 spiro atoms. The minimum Gasteiger partial charge on any atom is -0.487 e. The zero-order valence-electron chi connectivity index (χ0n) is 20.6. The number of nitrogens with one attached hydrogen (secondary N) is 3. The van der Waals surface area contributed by atoms with Crippen LogP contribution in [0.25, 0.3) is 0 Å². The quantitative estimate of drug-likeness (QED) is 0.466. The number of carbonyl (C=O) groups is 2. The zero-order chi connectivity index (χ0) is 25.1. The molecule has 0 radical (unpaired) electrons. The van der Waals surface area contributed by atoms with E-state index >= 15 is 0 Å². The van der Waals surface area contributed by atoms with E-state index in [0.717, 1.165) is 42.6 Å². The van der Waals surface area contributed by atoms with Crippen LogP contribution < -0.4 is 20.7 Å². The molecule has 8 nitrogen and oxygen atoms in total. The first-order chi connectivity index (χ1) is 17.5. The van der Waals surface area contributed by atoms with Gasteiger partial charge in [-0.3, -0.25) is 4.79 Å². The zero-order valence-corrected chi connectivity index (χ0v) is 20.6. The standard InChI is InChI=1S/C28H35N3O5/c1-17(18-7-3-2-4-8-18)29-26(33)15-21-14-23-22-13-20(31-28(34)30-19-9-5-6-10-19)11-12-24(22)36-27(23)25(16-32)35-21/h2-4,7-8,11-13,17,19,21,23,25,27,32H,5-6,9-10,14-16H2,1H3,(H,29,33)(H2,30,31,34)/t17-,21+,23-,25-,27+/m0/s1. The van der Waals surface area contributed by atoms with Crippen LogP contribution in [-0.2, 0) is 9.53 Å². The SMILES string of the molecule is C[C@H](NC(=O)C[C@H]1C[C@H]2c3cc(NC(=O)NC4CCCC4)ccc3O[C@H]2[C@H](CO)O1)c1ccccc1. The van der Waals surface area contributed by atoms with Crippen molar-refractivity contribution >= 4 is 17.6 Å². The van der Waals surface area contributed by atoms with Crippen molar-refractivity contribution in [2.45, 2.75) is 81.8 Å². The summed E-state index contributed by atoms with van der Waals surface area (Å²) in [4.78, 5) is 25.3. The van der Waals surface area contributed by atoms with Gasteiger partial charge < -0.3 is 30.5 Å². The number of aliphatic hydroxyl groups excluding tert-OH is 1. The molecule has 2 aliphatic heterocycles. The van der Waals surface area contributed by atoms with Crippen LogP contribution in [0.2, 0.25) is 0 Å². The number of rotatable bonds is 7. The predicted molar refractivity (Wildman–Crippen MR) is 136 cm³/mol. The van der Waals surface area contributed by atoms with Crippen LogP contribution in [0.1, 0.15) is 68.5 Å². The van der Waals surface area contributed by atoms with E-state index in [0.29, 0.717) is 12.1 Å². The molecule has 2 fully saturated rings. The summed E-state index contributed by atoms with van der Waals surface area (Å²) in [7, 11) is 0. The maximum atomic E-state index is 12.8. The van der Waals surface area contributed by atoms with E-state index in [1.165, 1.54) is 0 Å². The lowest BCUT2D eigenvalue weighted by Crippen LogP contribution is -2.47. The van der Waals surface area contributed by atoms with E-state index in [4.69, 9.17) is 9.47 Å². The Morgan fingerprint density at radius 3 is 2.64 bits per heavy atom. The van der Waals surface area contributed by atoms with Gasteiger partial charge in [0.15, 0.2) is 0 Å². The second-order valence-corrected chi connectivity index (χ2v) is 10.1. The van der Waals surface area contributed by atoms with Crippen LogP contribution in [0.3, 0.4) is 0 Å². The fourth-order valence-corrected chi connectivity index (χ4v) is 5.72. The van der Waals surface area contributed by atoms with Crippen LogP contribution in [0.4, 0.5) is 10.5 Å². The molecule has 5 rings (SSSR count). The number of anilines is 1. The summed E-state index contributed by atoms with van der Waals surface area (Å²) < 4.78 is 12.2. The van der Waals surface area contributed by atoms with Gasteiger partial charge >= 0.3 is 6.03 Å². The van der Waals surface area contributed by atoms with E-state index < -0.39 is 6.10 Å². The average molecular weight is 494 g/mol. The van der Waals surface area contributed by atoms with Gasteiger partial charge in [0.2, 0.25) is 5.91 Å². The Morgan fingerprint density at radius 1 is 1.11 bits per heavy atom. The minimum atomic E-state index is -0.525. The lowest BCUT2D eigenvalue weighted by atomic mass is 9.84. The highest BCUT2D eigenvalue weighted by atomic mass is 16.6. The molecule has 1 aliphatic carbocycles. The first-order valence-electron chi connectivity index (χ1n) is 13.0. The summed E-state index contributed by atoms with van der Waals surface area (Å²) in [5, 5.41) is 19.0. The number of carbonyl (C=O) groups excluding carboxylic acids is 2. The highest BCUT2D eigenvalue weighted by molar-refractivity contribution is 5.89. The van der Waals surface area contributed by atoms with E-state index in [9.17, 15) is 14.7 Å². The Balaban J connectivity index is 1.23. The highest BCUT2D eigenvalue weighted by Gasteiger charge is 2.46. The Bertz CT molecular complexity index is 1070. The lowest BCUT2D eigenvalue weighted by Gasteiger charge is -2.37. The number of hydrogen-bond donors (Lipinski definition) is 4. The first kappa shape index (κ1) is 24.6. The van der Waals surface area contributed by atoms with Crippen molar-refractivity contribution in [3.05, 3.63) is 59.7 Å². The maximum Gasteiger partial charge on any atom is 0.319 e. The molecule has 0 aromatic heterocycles. The maximum absolute atomic E-state index is 12.8. The third-order valence-electron chi connectivity index (χ3n) is 7.54. The van der Waals surface area contributed by atoms with Crippen molar-refractivity contribution in [2.75, 3.05) is 11.9 Å². The summed E-state index contributed by atoms with van der Waals surface area (Å²) in [6.45, 7) is 1.77. The molecule has 8 heteroatoms. The second-order valence-electron chi connectivity index (χ2n) is 10.1. The summed E-state index contributed by atoms with van der Waals surface area (Å²) in [6, 6.07) is 15.4. The monoisotopic (exact) mass is 493 g/mol. The van der Waals surface area contributed by atoms with Crippen LogP contribution in [-0.4, -0.2) is 48.0 Å². The van der Waals surface area contributed by atoms with Crippen molar-refractivity contribution in [2.24, 2.45) is 0 Å². The van der Waals surface area contributed by atoms with Crippen molar-refractivity contribution in [3.8, 4) is 5.75 Å². The predicted octanol–water partition coefficient (Wildman–Crippen LogP) is 4.01. The Labute approximate surface area is 211 Å². The molecule has 5 atom stereocenters. The van der Waals surface area contributed by atoms with Crippen LogP contribution in [0, 0.1) is 0 Å². The summed E-state index contributed by atoms with van der Waals surface area (Å²) in [5.74, 6) is 0.608. The van der Waals surface area contributed by atoms with Crippen LogP contribution in [0.15, 0.2) is 48.5 Å². The van der Waals surface area contributed by atoms with Crippen molar-refractivity contribution in [1.29, 1.82) is 0 Å². The molecule has 2 heterocycles. The number of benzene rings is 2. The molecule has 4 N–H and O–H groups in total. The summed E-state index contributed by atoms with van der Waals surface area (Å²) >= 11 is 0. The number of urea groups is 1. The van der Waals surface area contributed by atoms with Crippen molar-refractivity contribution < 1.29 is 24.2 Å². The second kappa shape index (κ2) is 10.9. The molecule has 1 saturated heterocycles. The topological polar surface area (TPSA) is 109 Å². The van der Waals surface area contributed by atoms with Crippen molar-refractivity contribution in [1.82, 2.24) is 10.6 Å². The molecule has 0 bridgehead atoms. The van der Waals surface area contributed by atoms with E-state index in [1.807, 2.05) is 55.5 Å². The molecular formula is C28H35N3O5. The fraction of sp³-hybridized carbons (Fsp3) is 0.500. The van der Waals surface area contributed by atoms with Gasteiger partial charge in [-0.25, -0.2) is 4.79 Å². The van der Waals surface area contributed by atoms with Gasteiger partial charge in [0.1, 0.15) is 18.0 Å². The Morgan fingerprint density at radius 2 is 1.89 bits per heavy atom. The average Bonchev–Trinajstić information content (AvgIpc) is 3.51. The molecule has 36 heavy (non-hydrogen) atoms. The molecular weight excluding hydrogens is 458 g/mol. The van der Waals surface area contributed by atoms with Gasteiger partial charge in [0, 0.05) is 23.2 Å². The molecule has 3 amide bonds. The Hall–Kier alpha value is -3.10. The van der Waals surface area contributed by atoms with Gasteiger partial charge in [-0.2, -0.15) is 0 Å². The molecule has 0 unspecified atom stereocenters. The normalized spacial score (nSPS) is 25.8. The number of fused-ring (bicyclic) bond motifs is 3. The third kappa shape index (κ3) is 5.50. The summed E-state index contributed by atoms with van der Waals surface area (Å²) in [5.41, 5.74) is 2.72. The van der Waals surface area contributed by atoms with Gasteiger partial charge in [-0.05, 0) is 49.9 Å². The third-order valence-corrected chi connectivity index (χ3v) is 7.54. The largest absolute Gasteiger partial charge is 0.487 e.